The second-order valence-electron chi connectivity index (χ2n) is 2.68. The number of carboxylic acids is 1. The zero-order valence-corrected chi connectivity index (χ0v) is 8.67. The predicted octanol–water partition coefficient (Wildman–Crippen LogP) is 1.46. The number of rotatable bonds is 5. The van der Waals surface area contributed by atoms with Crippen molar-refractivity contribution in [3.05, 3.63) is 22.2 Å². The fourth-order valence-corrected chi connectivity index (χ4v) is 1.52. The zero-order valence-electron chi connectivity index (χ0n) is 7.86. The molecule has 0 radical (unpaired) electrons. The van der Waals surface area contributed by atoms with Gasteiger partial charge in [0.25, 0.3) is 0 Å². The highest BCUT2D eigenvalue weighted by molar-refractivity contribution is 7.11. The van der Waals surface area contributed by atoms with Gasteiger partial charge in [0.05, 0.1) is 5.69 Å². The Morgan fingerprint density at radius 1 is 1.79 bits per heavy atom. The van der Waals surface area contributed by atoms with Gasteiger partial charge in [-0.25, -0.2) is 9.78 Å². The molecular formula is C9H12N2O2S. The molecule has 0 saturated carbocycles. The Hall–Kier alpha value is -1.20. The first-order chi connectivity index (χ1) is 6.74. The Balaban J connectivity index is 2.51. The van der Waals surface area contributed by atoms with Crippen molar-refractivity contribution >= 4 is 23.4 Å². The molecule has 0 aliphatic carbocycles. The van der Waals surface area contributed by atoms with Gasteiger partial charge < -0.3 is 10.4 Å². The van der Waals surface area contributed by atoms with E-state index in [4.69, 9.17) is 5.11 Å². The predicted molar refractivity (Wildman–Crippen MR) is 56.7 cm³/mol. The van der Waals surface area contributed by atoms with Crippen LogP contribution in [0.5, 0.6) is 0 Å². The van der Waals surface area contributed by atoms with E-state index >= 15 is 0 Å². The number of carboxylic acid groups (broad SMARTS) is 1. The van der Waals surface area contributed by atoms with Crippen molar-refractivity contribution in [3.8, 4) is 0 Å². The summed E-state index contributed by atoms with van der Waals surface area (Å²) < 4.78 is 0. The van der Waals surface area contributed by atoms with Crippen molar-refractivity contribution in [1.29, 1.82) is 0 Å². The highest BCUT2D eigenvalue weighted by Crippen LogP contribution is 2.10. The Kier molecular flexibility index (Phi) is 4.28. The number of aromatic carboxylic acids is 1. The van der Waals surface area contributed by atoms with Gasteiger partial charge in [-0.2, -0.15) is 0 Å². The van der Waals surface area contributed by atoms with Crippen LogP contribution in [0.4, 0.5) is 0 Å². The fraction of sp³-hybridized carbons (Fsp3) is 0.333. The van der Waals surface area contributed by atoms with Crippen LogP contribution in [0.2, 0.25) is 0 Å². The lowest BCUT2D eigenvalue weighted by atomic mass is 10.3. The minimum atomic E-state index is -0.968. The van der Waals surface area contributed by atoms with Crippen molar-refractivity contribution in [2.75, 3.05) is 13.6 Å². The summed E-state index contributed by atoms with van der Waals surface area (Å²) in [6.07, 6.45) is 4.72. The van der Waals surface area contributed by atoms with Crippen molar-refractivity contribution in [1.82, 2.24) is 10.3 Å². The molecule has 0 aromatic carbocycles. The van der Waals surface area contributed by atoms with Gasteiger partial charge in [-0.15, -0.1) is 11.3 Å². The monoisotopic (exact) mass is 212 g/mol. The van der Waals surface area contributed by atoms with Crippen LogP contribution < -0.4 is 5.32 Å². The molecule has 76 valence electrons. The Bertz CT molecular complexity index is 333. The second-order valence-corrected chi connectivity index (χ2v) is 3.54. The molecule has 1 heterocycles. The van der Waals surface area contributed by atoms with Crippen LogP contribution in [0.3, 0.4) is 0 Å². The standard InChI is InChI=1S/C9H12N2O2S/c1-10-5-3-2-4-7-6-14-8(11-7)9(12)13/h2,4,6,10H,3,5H2,1H3,(H,12,13). The van der Waals surface area contributed by atoms with Gasteiger partial charge in [0.2, 0.25) is 5.01 Å². The second kappa shape index (κ2) is 5.51. The van der Waals surface area contributed by atoms with Gasteiger partial charge in [-0.3, -0.25) is 0 Å². The topological polar surface area (TPSA) is 62.2 Å². The molecule has 0 aliphatic heterocycles. The molecule has 1 rings (SSSR count). The van der Waals surface area contributed by atoms with E-state index in [-0.39, 0.29) is 5.01 Å². The molecular weight excluding hydrogens is 200 g/mol. The van der Waals surface area contributed by atoms with E-state index in [0.717, 1.165) is 24.3 Å². The van der Waals surface area contributed by atoms with Crippen LogP contribution in [-0.2, 0) is 0 Å². The molecule has 0 spiro atoms. The third-order valence-electron chi connectivity index (χ3n) is 1.55. The highest BCUT2D eigenvalue weighted by Gasteiger charge is 2.06. The lowest BCUT2D eigenvalue weighted by Gasteiger charge is -1.89. The molecule has 0 bridgehead atoms. The molecule has 0 atom stereocenters. The summed E-state index contributed by atoms with van der Waals surface area (Å²) in [5.74, 6) is -0.968. The maximum atomic E-state index is 10.5. The molecule has 14 heavy (non-hydrogen) atoms. The molecule has 0 unspecified atom stereocenters. The summed E-state index contributed by atoms with van der Waals surface area (Å²) >= 11 is 1.14. The quantitative estimate of drug-likeness (QED) is 0.725. The minimum Gasteiger partial charge on any atom is -0.476 e. The van der Waals surface area contributed by atoms with Gasteiger partial charge in [0.15, 0.2) is 0 Å². The third kappa shape index (κ3) is 3.27. The van der Waals surface area contributed by atoms with Crippen LogP contribution in [0.15, 0.2) is 11.5 Å². The van der Waals surface area contributed by atoms with E-state index in [1.54, 1.807) is 5.38 Å². The maximum Gasteiger partial charge on any atom is 0.365 e. The minimum absolute atomic E-state index is 0.137. The van der Waals surface area contributed by atoms with E-state index in [2.05, 4.69) is 10.3 Å². The lowest BCUT2D eigenvalue weighted by molar-refractivity contribution is 0.0696. The number of thiazole rings is 1. The van der Waals surface area contributed by atoms with Gasteiger partial charge in [0.1, 0.15) is 0 Å². The normalized spacial score (nSPS) is 10.9. The third-order valence-corrected chi connectivity index (χ3v) is 2.40. The van der Waals surface area contributed by atoms with E-state index in [1.165, 1.54) is 0 Å². The number of hydrogen-bond donors (Lipinski definition) is 2. The van der Waals surface area contributed by atoms with Gasteiger partial charge >= 0.3 is 5.97 Å². The summed E-state index contributed by atoms with van der Waals surface area (Å²) in [5.41, 5.74) is 0.712. The highest BCUT2D eigenvalue weighted by atomic mass is 32.1. The zero-order chi connectivity index (χ0) is 10.4. The summed E-state index contributed by atoms with van der Waals surface area (Å²) in [6.45, 7) is 0.909. The summed E-state index contributed by atoms with van der Waals surface area (Å²) in [7, 11) is 1.89. The van der Waals surface area contributed by atoms with Crippen molar-refractivity contribution < 1.29 is 9.90 Å². The first kappa shape index (κ1) is 10.9. The SMILES string of the molecule is CNCCC=Cc1csc(C(=O)O)n1. The maximum absolute atomic E-state index is 10.5. The van der Waals surface area contributed by atoms with Crippen LogP contribution >= 0.6 is 11.3 Å². The van der Waals surface area contributed by atoms with E-state index in [9.17, 15) is 4.79 Å². The number of nitrogens with zero attached hydrogens (tertiary/aromatic N) is 1. The van der Waals surface area contributed by atoms with Crippen molar-refractivity contribution in [2.45, 2.75) is 6.42 Å². The fourth-order valence-electron chi connectivity index (χ4n) is 0.893. The Morgan fingerprint density at radius 3 is 3.14 bits per heavy atom. The molecule has 0 amide bonds. The van der Waals surface area contributed by atoms with Crippen LogP contribution in [0.1, 0.15) is 21.9 Å². The average molecular weight is 212 g/mol. The largest absolute Gasteiger partial charge is 0.476 e. The molecule has 0 fully saturated rings. The van der Waals surface area contributed by atoms with Crippen LogP contribution in [-0.4, -0.2) is 29.7 Å². The molecule has 5 heteroatoms. The van der Waals surface area contributed by atoms with Crippen LogP contribution in [0, 0.1) is 0 Å². The summed E-state index contributed by atoms with van der Waals surface area (Å²) in [4.78, 5) is 14.4. The van der Waals surface area contributed by atoms with E-state index in [0.29, 0.717) is 5.69 Å². The first-order valence-electron chi connectivity index (χ1n) is 4.24. The van der Waals surface area contributed by atoms with Crippen molar-refractivity contribution in [3.63, 3.8) is 0 Å². The molecule has 0 aliphatic rings. The van der Waals surface area contributed by atoms with Crippen LogP contribution in [0.25, 0.3) is 6.08 Å². The lowest BCUT2D eigenvalue weighted by Crippen LogP contribution is -2.05. The molecule has 4 nitrogen and oxygen atoms in total. The Morgan fingerprint density at radius 2 is 2.57 bits per heavy atom. The van der Waals surface area contributed by atoms with Crippen molar-refractivity contribution in [2.24, 2.45) is 0 Å². The first-order valence-corrected chi connectivity index (χ1v) is 5.12. The number of carbonyl (C=O) groups is 1. The smallest absolute Gasteiger partial charge is 0.365 e. The molecule has 1 aromatic rings. The summed E-state index contributed by atoms with van der Waals surface area (Å²) in [5, 5.41) is 13.5. The van der Waals surface area contributed by atoms with E-state index < -0.39 is 5.97 Å². The Labute approximate surface area is 86.3 Å². The van der Waals surface area contributed by atoms with E-state index in [1.807, 2.05) is 19.2 Å². The molecule has 1 aromatic heterocycles. The summed E-state index contributed by atoms with van der Waals surface area (Å²) in [6, 6.07) is 0. The average Bonchev–Trinajstić information content (AvgIpc) is 2.61. The van der Waals surface area contributed by atoms with Gasteiger partial charge in [0, 0.05) is 5.38 Å². The number of aromatic nitrogens is 1. The van der Waals surface area contributed by atoms with Gasteiger partial charge in [-0.1, -0.05) is 6.08 Å². The molecule has 2 N–H and O–H groups in total. The molecule has 0 saturated heterocycles. The van der Waals surface area contributed by atoms with Gasteiger partial charge in [-0.05, 0) is 26.1 Å². The number of hydrogen-bond acceptors (Lipinski definition) is 4. The number of nitrogens with one attached hydrogen (secondary N) is 1.